The Morgan fingerprint density at radius 3 is 1.40 bits per heavy atom. The third kappa shape index (κ3) is 19.8. The van der Waals surface area contributed by atoms with Crippen molar-refractivity contribution in [3.63, 3.8) is 0 Å². The fourth-order valence-corrected chi connectivity index (χ4v) is 3.38. The Morgan fingerprint density at radius 2 is 1.07 bits per heavy atom. The second-order valence-corrected chi connectivity index (χ2v) is 9.46. The highest BCUT2D eigenvalue weighted by molar-refractivity contribution is 5.87. The number of benzene rings is 1. The molecule has 0 radical (unpaired) electrons. The smallest absolute Gasteiger partial charge is 0.335 e. The number of carbonyl (C=O) groups is 1. The zero-order valence-electron chi connectivity index (χ0n) is 20.2. The zero-order chi connectivity index (χ0) is 22.7. The summed E-state index contributed by atoms with van der Waals surface area (Å²) in [5.41, 5.74) is 0.179. The maximum Gasteiger partial charge on any atom is 0.335 e. The molecule has 0 fully saturated rings. The molecule has 0 spiro atoms. The maximum absolute atomic E-state index is 10.2. The molecule has 4 nitrogen and oxygen atoms in total. The fraction of sp³-hybridized carbons (Fsp3) is 0.731. The summed E-state index contributed by atoms with van der Waals surface area (Å²) in [6, 6.07) is 5.36. The minimum atomic E-state index is -0.986. The van der Waals surface area contributed by atoms with Crippen LogP contribution in [0.15, 0.2) is 24.3 Å². The summed E-state index contributed by atoms with van der Waals surface area (Å²) in [6.45, 7) is 3.63. The van der Waals surface area contributed by atoms with Gasteiger partial charge in [0.15, 0.2) is 0 Å². The van der Waals surface area contributed by atoms with Gasteiger partial charge in [0.1, 0.15) is 5.75 Å². The summed E-state index contributed by atoms with van der Waals surface area (Å²) in [6.07, 6.45) is 20.4. The molecule has 0 saturated carbocycles. The SMILES string of the molecule is CCCCCCCCCCCCCCCC[N+](C)(C)C.O=C(O)c1ccc(O)cc1. The van der Waals surface area contributed by atoms with E-state index in [1.54, 1.807) is 0 Å². The molecule has 0 heterocycles. The third-order valence-corrected chi connectivity index (χ3v) is 5.30. The number of hydrogen-bond acceptors (Lipinski definition) is 2. The number of quaternary nitrogens is 1. The van der Waals surface area contributed by atoms with Crippen molar-refractivity contribution >= 4 is 5.97 Å². The van der Waals surface area contributed by atoms with Gasteiger partial charge in [-0.05, 0) is 37.1 Å². The first-order valence-electron chi connectivity index (χ1n) is 12.1. The highest BCUT2D eigenvalue weighted by atomic mass is 16.4. The minimum Gasteiger partial charge on any atom is -0.508 e. The van der Waals surface area contributed by atoms with E-state index in [1.807, 2.05) is 0 Å². The molecule has 0 aliphatic rings. The van der Waals surface area contributed by atoms with Gasteiger partial charge in [0.05, 0.1) is 33.3 Å². The number of phenolic OH excluding ortho intramolecular Hbond substituents is 1. The molecular formula is C26H48NO3+. The van der Waals surface area contributed by atoms with Crippen molar-refractivity contribution in [2.75, 3.05) is 27.7 Å². The van der Waals surface area contributed by atoms with Gasteiger partial charge >= 0.3 is 5.97 Å². The van der Waals surface area contributed by atoms with Gasteiger partial charge in [-0.3, -0.25) is 0 Å². The highest BCUT2D eigenvalue weighted by Crippen LogP contribution is 2.13. The van der Waals surface area contributed by atoms with Crippen molar-refractivity contribution < 1.29 is 19.5 Å². The molecule has 4 heteroatoms. The van der Waals surface area contributed by atoms with Crippen LogP contribution in [0.25, 0.3) is 0 Å². The third-order valence-electron chi connectivity index (χ3n) is 5.30. The Hall–Kier alpha value is -1.55. The molecule has 0 aromatic heterocycles. The first-order chi connectivity index (χ1) is 14.3. The van der Waals surface area contributed by atoms with Gasteiger partial charge in [0.25, 0.3) is 0 Å². The first kappa shape index (κ1) is 28.5. The summed E-state index contributed by atoms with van der Waals surface area (Å²) in [4.78, 5) is 10.2. The number of aromatic hydroxyl groups is 1. The monoisotopic (exact) mass is 422 g/mol. The molecule has 30 heavy (non-hydrogen) atoms. The number of hydrogen-bond donors (Lipinski definition) is 2. The number of phenols is 1. The topological polar surface area (TPSA) is 57.5 Å². The van der Waals surface area contributed by atoms with Gasteiger partial charge in [-0.15, -0.1) is 0 Å². The lowest BCUT2D eigenvalue weighted by molar-refractivity contribution is -0.870. The van der Waals surface area contributed by atoms with Crippen LogP contribution in [-0.2, 0) is 0 Å². The summed E-state index contributed by atoms with van der Waals surface area (Å²) < 4.78 is 1.12. The number of nitrogens with zero attached hydrogens (tertiary/aromatic N) is 1. The van der Waals surface area contributed by atoms with E-state index in [1.165, 1.54) is 121 Å². The van der Waals surface area contributed by atoms with Gasteiger partial charge in [0.2, 0.25) is 0 Å². The molecule has 0 bridgehead atoms. The number of carboxylic acids is 1. The molecule has 0 saturated heterocycles. The van der Waals surface area contributed by atoms with E-state index in [2.05, 4.69) is 28.1 Å². The molecule has 174 valence electrons. The van der Waals surface area contributed by atoms with Gasteiger partial charge in [-0.1, -0.05) is 84.0 Å². The molecule has 1 aromatic rings. The van der Waals surface area contributed by atoms with E-state index in [0.717, 1.165) is 4.48 Å². The van der Waals surface area contributed by atoms with Crippen LogP contribution < -0.4 is 0 Å². The van der Waals surface area contributed by atoms with Crippen LogP contribution in [-0.4, -0.2) is 48.4 Å². The standard InChI is InChI=1S/C19H42N.C7H6O3/c1-5-6-7-8-9-10-11-12-13-14-15-16-17-18-19-20(2,3)4;8-6-3-1-5(2-4-6)7(9)10/h5-19H2,1-4H3;1-4,8H,(H,9,10)/q+1;. The van der Waals surface area contributed by atoms with E-state index in [0.29, 0.717) is 0 Å². The van der Waals surface area contributed by atoms with Gasteiger partial charge in [0, 0.05) is 0 Å². The van der Waals surface area contributed by atoms with Crippen LogP contribution in [0.5, 0.6) is 5.75 Å². The molecular weight excluding hydrogens is 374 g/mol. The fourth-order valence-electron chi connectivity index (χ4n) is 3.38. The van der Waals surface area contributed by atoms with Crippen molar-refractivity contribution in [2.24, 2.45) is 0 Å². The first-order valence-corrected chi connectivity index (χ1v) is 12.1. The van der Waals surface area contributed by atoms with Crippen LogP contribution in [0.4, 0.5) is 0 Å². The average Bonchev–Trinajstić information content (AvgIpc) is 2.68. The van der Waals surface area contributed by atoms with E-state index in [4.69, 9.17) is 10.2 Å². The number of carboxylic acid groups (broad SMARTS) is 1. The molecule has 0 aliphatic carbocycles. The summed E-state index contributed by atoms with van der Waals surface area (Å²) >= 11 is 0. The molecule has 0 unspecified atom stereocenters. The second kappa shape index (κ2) is 18.2. The normalized spacial score (nSPS) is 11.1. The lowest BCUT2D eigenvalue weighted by atomic mass is 10.0. The number of rotatable bonds is 16. The Balaban J connectivity index is 0.000000696. The van der Waals surface area contributed by atoms with Crippen LogP contribution in [0.3, 0.4) is 0 Å². The van der Waals surface area contributed by atoms with Crippen molar-refractivity contribution in [1.29, 1.82) is 0 Å². The Bertz CT molecular complexity index is 520. The van der Waals surface area contributed by atoms with Crippen LogP contribution in [0.2, 0.25) is 0 Å². The van der Waals surface area contributed by atoms with Crippen LogP contribution >= 0.6 is 0 Å². The highest BCUT2D eigenvalue weighted by Gasteiger charge is 2.05. The van der Waals surface area contributed by atoms with E-state index in [-0.39, 0.29) is 11.3 Å². The lowest BCUT2D eigenvalue weighted by Gasteiger charge is -2.23. The molecule has 0 aliphatic heterocycles. The largest absolute Gasteiger partial charge is 0.508 e. The van der Waals surface area contributed by atoms with Crippen LogP contribution in [0.1, 0.15) is 107 Å². The van der Waals surface area contributed by atoms with E-state index >= 15 is 0 Å². The quantitative estimate of drug-likeness (QED) is 0.218. The average molecular weight is 423 g/mol. The Labute approximate surface area is 185 Å². The van der Waals surface area contributed by atoms with Crippen LogP contribution in [0, 0.1) is 0 Å². The van der Waals surface area contributed by atoms with Crippen molar-refractivity contribution in [3.05, 3.63) is 29.8 Å². The van der Waals surface area contributed by atoms with Gasteiger partial charge in [-0.2, -0.15) is 0 Å². The predicted molar refractivity (Wildman–Crippen MR) is 128 cm³/mol. The summed E-state index contributed by atoms with van der Waals surface area (Å²) in [5.74, 6) is -0.912. The predicted octanol–water partition coefficient (Wildman–Crippen LogP) is 7.26. The van der Waals surface area contributed by atoms with Crippen molar-refractivity contribution in [2.45, 2.75) is 96.8 Å². The van der Waals surface area contributed by atoms with Gasteiger partial charge in [-0.25, -0.2) is 4.79 Å². The Morgan fingerprint density at radius 1 is 0.700 bits per heavy atom. The lowest BCUT2D eigenvalue weighted by Crippen LogP contribution is -2.35. The molecule has 1 rings (SSSR count). The molecule has 0 atom stereocenters. The second-order valence-electron chi connectivity index (χ2n) is 9.46. The Kier molecular flexibility index (Phi) is 17.3. The summed E-state index contributed by atoms with van der Waals surface area (Å²) in [5, 5.41) is 17.1. The van der Waals surface area contributed by atoms with E-state index in [9.17, 15) is 4.79 Å². The molecule has 2 N–H and O–H groups in total. The van der Waals surface area contributed by atoms with E-state index < -0.39 is 5.97 Å². The van der Waals surface area contributed by atoms with Crippen molar-refractivity contribution in [1.82, 2.24) is 0 Å². The zero-order valence-corrected chi connectivity index (χ0v) is 20.2. The maximum atomic E-state index is 10.2. The van der Waals surface area contributed by atoms with Gasteiger partial charge < -0.3 is 14.7 Å². The summed E-state index contributed by atoms with van der Waals surface area (Å²) in [7, 11) is 6.88. The number of aromatic carboxylic acids is 1. The molecule has 1 aromatic carbocycles. The van der Waals surface area contributed by atoms with Crippen molar-refractivity contribution in [3.8, 4) is 5.75 Å². The number of unbranched alkanes of at least 4 members (excludes halogenated alkanes) is 13. The molecule has 0 amide bonds. The minimum absolute atomic E-state index is 0.0741.